The van der Waals surface area contributed by atoms with E-state index in [1.807, 2.05) is 6.07 Å². The van der Waals surface area contributed by atoms with Gasteiger partial charge in [0.05, 0.1) is 5.34 Å². The predicted molar refractivity (Wildman–Crippen MR) is 61.7 cm³/mol. The number of nitro groups is 1. The van der Waals surface area contributed by atoms with Gasteiger partial charge in [-0.05, 0) is 0 Å². The summed E-state index contributed by atoms with van der Waals surface area (Å²) in [5, 5.41) is 9.52. The van der Waals surface area contributed by atoms with Crippen molar-refractivity contribution in [2.75, 3.05) is 5.34 Å². The number of alkyl halides is 2. The van der Waals surface area contributed by atoms with Crippen LogP contribution in [0.5, 0.6) is 0 Å². The first kappa shape index (κ1) is 13.5. The first-order valence-corrected chi connectivity index (χ1v) is 5.20. The van der Waals surface area contributed by atoms with Crippen LogP contribution >= 0.6 is 35.8 Å². The zero-order valence-electron chi connectivity index (χ0n) is 7.14. The average molecular weight is 254 g/mol. The molecule has 0 bridgehead atoms. The number of nitrogens with zero attached hydrogens (tertiary/aromatic N) is 1. The molecule has 1 atom stereocenters. The van der Waals surface area contributed by atoms with Crippen molar-refractivity contribution in [1.29, 1.82) is 0 Å². The quantitative estimate of drug-likeness (QED) is 0.289. The fourth-order valence-electron chi connectivity index (χ4n) is 0.747. The molecular formula is C8H9Cl2NO2S. The smallest absolute Gasteiger partial charge is 0.263 e. The summed E-state index contributed by atoms with van der Waals surface area (Å²) in [4.78, 5) is 9.80. The minimum Gasteiger partial charge on any atom is -0.263 e. The summed E-state index contributed by atoms with van der Waals surface area (Å²) in [6.07, 6.45) is 0. The van der Waals surface area contributed by atoms with Crippen molar-refractivity contribution in [3.63, 3.8) is 0 Å². The average Bonchev–Trinajstić information content (AvgIpc) is 2.19. The van der Waals surface area contributed by atoms with Gasteiger partial charge in [0.25, 0.3) is 5.37 Å². The summed E-state index contributed by atoms with van der Waals surface area (Å²) in [7, 11) is 0. The van der Waals surface area contributed by atoms with Gasteiger partial charge in [-0.2, -0.15) is 0 Å². The van der Waals surface area contributed by atoms with E-state index in [1.165, 1.54) is 0 Å². The molecule has 0 radical (unpaired) electrons. The largest absolute Gasteiger partial charge is 0.280 e. The van der Waals surface area contributed by atoms with Crippen molar-refractivity contribution < 1.29 is 4.92 Å². The summed E-state index contributed by atoms with van der Waals surface area (Å²) in [6.45, 7) is 0. The van der Waals surface area contributed by atoms with E-state index in [-0.39, 0.29) is 5.34 Å². The molecule has 14 heavy (non-hydrogen) atoms. The SMILES string of the molecule is ClCCl.O=[N+]([O-])C(S)c1ccccc1. The zero-order valence-corrected chi connectivity index (χ0v) is 9.54. The first-order chi connectivity index (χ1) is 6.63. The van der Waals surface area contributed by atoms with E-state index in [1.54, 1.807) is 24.3 Å². The minimum absolute atomic E-state index is 0.194. The highest BCUT2D eigenvalue weighted by Crippen LogP contribution is 2.18. The van der Waals surface area contributed by atoms with E-state index in [0.717, 1.165) is 0 Å². The second-order valence-electron chi connectivity index (χ2n) is 2.17. The maximum Gasteiger partial charge on any atom is 0.280 e. The predicted octanol–water partition coefficient (Wildman–Crippen LogP) is 3.31. The van der Waals surface area contributed by atoms with Crippen LogP contribution in [0.15, 0.2) is 30.3 Å². The molecule has 1 rings (SSSR count). The molecule has 1 unspecified atom stereocenters. The van der Waals surface area contributed by atoms with E-state index >= 15 is 0 Å². The van der Waals surface area contributed by atoms with Gasteiger partial charge in [-0.3, -0.25) is 10.1 Å². The van der Waals surface area contributed by atoms with Gasteiger partial charge < -0.3 is 0 Å². The Morgan fingerprint density at radius 1 is 1.36 bits per heavy atom. The highest BCUT2D eigenvalue weighted by molar-refractivity contribution is 7.80. The Hall–Kier alpha value is -0.450. The van der Waals surface area contributed by atoms with Gasteiger partial charge in [-0.1, -0.05) is 43.0 Å². The second kappa shape index (κ2) is 7.91. The fraction of sp³-hybridized carbons (Fsp3) is 0.250. The molecule has 0 aliphatic rings. The van der Waals surface area contributed by atoms with Gasteiger partial charge >= 0.3 is 0 Å². The first-order valence-electron chi connectivity index (χ1n) is 3.62. The topological polar surface area (TPSA) is 43.1 Å². The third kappa shape index (κ3) is 5.32. The monoisotopic (exact) mass is 253 g/mol. The third-order valence-corrected chi connectivity index (χ3v) is 1.78. The van der Waals surface area contributed by atoms with Crippen molar-refractivity contribution in [2.45, 2.75) is 5.37 Å². The highest BCUT2D eigenvalue weighted by Gasteiger charge is 2.15. The highest BCUT2D eigenvalue weighted by atomic mass is 35.5. The van der Waals surface area contributed by atoms with Gasteiger partial charge in [0.2, 0.25) is 0 Å². The molecule has 3 nitrogen and oxygen atoms in total. The normalized spacial score (nSPS) is 11.1. The summed E-state index contributed by atoms with van der Waals surface area (Å²) in [5.74, 6) is 0. The maximum atomic E-state index is 10.2. The van der Waals surface area contributed by atoms with E-state index in [0.29, 0.717) is 5.56 Å². The molecule has 1 aromatic rings. The maximum absolute atomic E-state index is 10.2. The number of thiol groups is 1. The molecule has 0 amide bonds. The lowest BCUT2D eigenvalue weighted by molar-refractivity contribution is -0.500. The molecule has 0 aliphatic heterocycles. The Balaban J connectivity index is 0.000000500. The fourth-order valence-corrected chi connectivity index (χ4v) is 0.919. The Morgan fingerprint density at radius 2 is 1.79 bits per heavy atom. The van der Waals surface area contributed by atoms with E-state index in [9.17, 15) is 10.1 Å². The molecule has 0 heterocycles. The summed E-state index contributed by atoms with van der Waals surface area (Å²) >= 11 is 13.3. The van der Waals surface area contributed by atoms with Crippen LogP contribution in [0.25, 0.3) is 0 Å². The molecule has 0 aliphatic carbocycles. The van der Waals surface area contributed by atoms with Crippen molar-refractivity contribution in [3.8, 4) is 0 Å². The molecule has 1 aromatic carbocycles. The van der Waals surface area contributed by atoms with Crippen LogP contribution in [0.4, 0.5) is 0 Å². The molecular weight excluding hydrogens is 245 g/mol. The zero-order chi connectivity index (χ0) is 11.0. The van der Waals surface area contributed by atoms with Crippen molar-refractivity contribution in [3.05, 3.63) is 46.0 Å². The number of rotatable bonds is 2. The van der Waals surface area contributed by atoms with Crippen LogP contribution in [0.1, 0.15) is 10.9 Å². The number of halogens is 2. The summed E-state index contributed by atoms with van der Waals surface area (Å²) in [6, 6.07) is 8.68. The van der Waals surface area contributed by atoms with Gasteiger partial charge in [0.15, 0.2) is 0 Å². The van der Waals surface area contributed by atoms with Crippen LogP contribution in [0.2, 0.25) is 0 Å². The van der Waals surface area contributed by atoms with Crippen molar-refractivity contribution in [2.24, 2.45) is 0 Å². The lowest BCUT2D eigenvalue weighted by atomic mass is 10.2. The molecule has 0 saturated heterocycles. The van der Waals surface area contributed by atoms with Crippen LogP contribution < -0.4 is 0 Å². The number of benzene rings is 1. The van der Waals surface area contributed by atoms with Gasteiger partial charge in [-0.25, -0.2) is 0 Å². The van der Waals surface area contributed by atoms with E-state index in [4.69, 9.17) is 23.2 Å². The molecule has 0 spiro atoms. The van der Waals surface area contributed by atoms with Crippen LogP contribution in [-0.2, 0) is 0 Å². The van der Waals surface area contributed by atoms with E-state index in [2.05, 4.69) is 12.6 Å². The Bertz CT molecular complexity index is 271. The minimum atomic E-state index is -0.906. The van der Waals surface area contributed by atoms with Crippen molar-refractivity contribution >= 4 is 35.8 Å². The molecule has 0 aromatic heterocycles. The second-order valence-corrected chi connectivity index (χ2v) is 3.47. The summed E-state index contributed by atoms with van der Waals surface area (Å²) in [5.41, 5.74) is 0.612. The Kier molecular flexibility index (Phi) is 7.65. The molecule has 78 valence electrons. The lowest BCUT2D eigenvalue weighted by Gasteiger charge is -2.00. The van der Waals surface area contributed by atoms with E-state index < -0.39 is 10.3 Å². The standard InChI is InChI=1S/C7H7NO2S.CH2Cl2/c9-8(10)7(11)6-4-2-1-3-5-6;2-1-3/h1-5,7,11H;1H2. The number of hydrogen-bond donors (Lipinski definition) is 1. The lowest BCUT2D eigenvalue weighted by Crippen LogP contribution is -2.02. The third-order valence-electron chi connectivity index (χ3n) is 1.30. The Labute approximate surface area is 97.6 Å². The molecule has 0 fully saturated rings. The van der Waals surface area contributed by atoms with Gasteiger partial charge in [0.1, 0.15) is 0 Å². The van der Waals surface area contributed by atoms with Crippen LogP contribution in [-0.4, -0.2) is 10.3 Å². The summed E-state index contributed by atoms with van der Waals surface area (Å²) < 4.78 is 0. The molecule has 0 N–H and O–H groups in total. The molecule has 6 heteroatoms. The van der Waals surface area contributed by atoms with Gasteiger partial charge in [-0.15, -0.1) is 23.2 Å². The van der Waals surface area contributed by atoms with Crippen molar-refractivity contribution in [1.82, 2.24) is 0 Å². The van der Waals surface area contributed by atoms with Crippen LogP contribution in [0.3, 0.4) is 0 Å². The number of hydrogen-bond acceptors (Lipinski definition) is 3. The van der Waals surface area contributed by atoms with Gasteiger partial charge in [0, 0.05) is 10.5 Å². The molecule has 0 saturated carbocycles. The van der Waals surface area contributed by atoms with Crippen LogP contribution in [0, 0.1) is 10.1 Å². The Morgan fingerprint density at radius 3 is 2.14 bits per heavy atom.